The summed E-state index contributed by atoms with van der Waals surface area (Å²) in [5, 5.41) is 24.9. The molecule has 4 aromatic heterocycles. The molecular weight excluding hydrogens is 484 g/mol. The number of carbonyl (C=O) groups is 2. The average Bonchev–Trinajstić information content (AvgIpc) is 3.49. The number of anilines is 2. The van der Waals surface area contributed by atoms with E-state index in [1.54, 1.807) is 36.9 Å². The second-order valence-electron chi connectivity index (χ2n) is 7.74. The Hall–Kier alpha value is -3.64. The van der Waals surface area contributed by atoms with Gasteiger partial charge in [0.15, 0.2) is 0 Å². The lowest BCUT2D eigenvalue weighted by atomic mass is 10.1. The smallest absolute Gasteiger partial charge is 0.230 e. The van der Waals surface area contributed by atoms with Gasteiger partial charge in [-0.15, -0.1) is 20.4 Å². The molecule has 0 saturated carbocycles. The molecule has 10 nitrogen and oxygen atoms in total. The number of rotatable bonds is 12. The highest BCUT2D eigenvalue weighted by atomic mass is 32.1. The molecule has 0 atom stereocenters. The first-order valence-corrected chi connectivity index (χ1v) is 12.8. The van der Waals surface area contributed by atoms with Crippen molar-refractivity contribution < 1.29 is 9.59 Å². The summed E-state index contributed by atoms with van der Waals surface area (Å²) in [5.74, 6) is -0.268. The molecule has 0 fully saturated rings. The third-order valence-corrected chi connectivity index (χ3v) is 6.68. The Labute approximate surface area is 210 Å². The van der Waals surface area contributed by atoms with Crippen molar-refractivity contribution in [2.45, 2.75) is 44.9 Å². The second-order valence-corrected chi connectivity index (χ2v) is 9.86. The SMILES string of the molecule is O=C(Cc1cccnc1)Nc1nnc(CCCCCc2nnc(NC(=O)Cc3cccnc3)s2)s1. The number of aromatic nitrogens is 6. The van der Waals surface area contributed by atoms with Crippen LogP contribution in [0.2, 0.25) is 0 Å². The molecule has 12 heteroatoms. The van der Waals surface area contributed by atoms with Gasteiger partial charge in [0.25, 0.3) is 0 Å². The second kappa shape index (κ2) is 12.7. The minimum absolute atomic E-state index is 0.134. The molecule has 4 aromatic rings. The first kappa shape index (κ1) is 24.5. The van der Waals surface area contributed by atoms with Crippen molar-refractivity contribution in [1.29, 1.82) is 0 Å². The van der Waals surface area contributed by atoms with E-state index in [4.69, 9.17) is 0 Å². The van der Waals surface area contributed by atoms with Crippen LogP contribution in [0.25, 0.3) is 0 Å². The topological polar surface area (TPSA) is 136 Å². The van der Waals surface area contributed by atoms with Crippen molar-refractivity contribution in [3.8, 4) is 0 Å². The summed E-state index contributed by atoms with van der Waals surface area (Å²) < 4.78 is 0. The van der Waals surface area contributed by atoms with Crippen LogP contribution in [-0.2, 0) is 35.3 Å². The van der Waals surface area contributed by atoms with E-state index in [1.165, 1.54) is 22.7 Å². The number of aryl methyl sites for hydroxylation is 2. The van der Waals surface area contributed by atoms with E-state index in [-0.39, 0.29) is 24.7 Å². The van der Waals surface area contributed by atoms with Gasteiger partial charge in [0.1, 0.15) is 10.0 Å². The van der Waals surface area contributed by atoms with E-state index in [1.807, 2.05) is 12.1 Å². The lowest BCUT2D eigenvalue weighted by Gasteiger charge is -2.00. The molecule has 0 aliphatic heterocycles. The maximum absolute atomic E-state index is 12.1. The number of hydrogen-bond acceptors (Lipinski definition) is 10. The zero-order chi connectivity index (χ0) is 24.3. The van der Waals surface area contributed by atoms with Crippen molar-refractivity contribution >= 4 is 44.8 Å². The standard InChI is InChI=1S/C23H24N8O2S2/c32-18(12-16-6-4-10-24-14-16)26-22-30-28-20(34-22)8-2-1-3-9-21-29-31-23(35-21)27-19(33)13-17-7-5-11-25-15-17/h4-7,10-11,14-15H,1-3,8-9,12-13H2,(H,26,30,32)(H,27,31,33). The third-order valence-electron chi connectivity index (χ3n) is 4.88. The highest BCUT2D eigenvalue weighted by molar-refractivity contribution is 7.15. The normalized spacial score (nSPS) is 10.7. The summed E-state index contributed by atoms with van der Waals surface area (Å²) in [6, 6.07) is 7.33. The van der Waals surface area contributed by atoms with Gasteiger partial charge >= 0.3 is 0 Å². The van der Waals surface area contributed by atoms with Crippen molar-refractivity contribution in [2.75, 3.05) is 10.6 Å². The van der Waals surface area contributed by atoms with E-state index >= 15 is 0 Å². The Bertz CT molecular complexity index is 1130. The zero-order valence-electron chi connectivity index (χ0n) is 18.9. The molecule has 0 radical (unpaired) electrons. The molecule has 0 aliphatic carbocycles. The number of hydrogen-bond donors (Lipinski definition) is 2. The Kier molecular flexibility index (Phi) is 8.90. The molecule has 0 aliphatic rings. The maximum atomic E-state index is 12.1. The number of amides is 2. The molecule has 2 N–H and O–H groups in total. The van der Waals surface area contributed by atoms with Gasteiger partial charge in [0, 0.05) is 37.6 Å². The number of nitrogens with one attached hydrogen (secondary N) is 2. The molecule has 4 rings (SSSR count). The Balaban J connectivity index is 1.11. The van der Waals surface area contributed by atoms with Gasteiger partial charge in [0.05, 0.1) is 12.8 Å². The van der Waals surface area contributed by atoms with Crippen LogP contribution in [0, 0.1) is 0 Å². The Morgan fingerprint density at radius 2 is 1.17 bits per heavy atom. The fourth-order valence-corrected chi connectivity index (χ4v) is 4.84. The fourth-order valence-electron chi connectivity index (χ4n) is 3.24. The molecule has 2 amide bonds. The molecule has 0 unspecified atom stereocenters. The molecular formula is C23H24N8O2S2. The van der Waals surface area contributed by atoms with Crippen molar-refractivity contribution in [3.63, 3.8) is 0 Å². The Morgan fingerprint density at radius 1 is 0.686 bits per heavy atom. The predicted octanol–water partition coefficient (Wildman–Crippen LogP) is 3.50. The summed E-state index contributed by atoms with van der Waals surface area (Å²) in [7, 11) is 0. The van der Waals surface area contributed by atoms with Gasteiger partial charge in [0.2, 0.25) is 22.1 Å². The first-order chi connectivity index (χ1) is 17.1. The molecule has 180 valence electrons. The van der Waals surface area contributed by atoms with Gasteiger partial charge in [-0.1, -0.05) is 41.2 Å². The largest absolute Gasteiger partial charge is 0.300 e. The van der Waals surface area contributed by atoms with E-state index in [0.717, 1.165) is 53.2 Å². The van der Waals surface area contributed by atoms with Crippen LogP contribution in [0.5, 0.6) is 0 Å². The summed E-state index contributed by atoms with van der Waals surface area (Å²) in [6.45, 7) is 0. The lowest BCUT2D eigenvalue weighted by Crippen LogP contribution is -2.14. The van der Waals surface area contributed by atoms with Crippen LogP contribution in [-0.4, -0.2) is 42.2 Å². The van der Waals surface area contributed by atoms with Gasteiger partial charge in [-0.25, -0.2) is 0 Å². The van der Waals surface area contributed by atoms with Crippen molar-refractivity contribution in [3.05, 3.63) is 70.2 Å². The third kappa shape index (κ3) is 8.26. The van der Waals surface area contributed by atoms with Crippen LogP contribution in [0.1, 0.15) is 40.4 Å². The Morgan fingerprint density at radius 3 is 1.60 bits per heavy atom. The van der Waals surface area contributed by atoms with Crippen LogP contribution >= 0.6 is 22.7 Å². The monoisotopic (exact) mass is 508 g/mol. The minimum Gasteiger partial charge on any atom is -0.300 e. The molecule has 4 heterocycles. The van der Waals surface area contributed by atoms with E-state index in [9.17, 15) is 9.59 Å². The summed E-state index contributed by atoms with van der Waals surface area (Å²) in [5.41, 5.74) is 1.70. The number of pyridine rings is 2. The summed E-state index contributed by atoms with van der Waals surface area (Å²) in [6.07, 6.45) is 11.8. The highest BCUT2D eigenvalue weighted by Crippen LogP contribution is 2.20. The molecule has 0 bridgehead atoms. The average molecular weight is 509 g/mol. The van der Waals surface area contributed by atoms with Crippen molar-refractivity contribution in [1.82, 2.24) is 30.4 Å². The predicted molar refractivity (Wildman–Crippen MR) is 134 cm³/mol. The highest BCUT2D eigenvalue weighted by Gasteiger charge is 2.11. The molecule has 0 saturated heterocycles. The lowest BCUT2D eigenvalue weighted by molar-refractivity contribution is -0.116. The number of nitrogens with zero attached hydrogens (tertiary/aromatic N) is 6. The van der Waals surface area contributed by atoms with Crippen LogP contribution in [0.3, 0.4) is 0 Å². The van der Waals surface area contributed by atoms with Gasteiger partial charge in [-0.05, 0) is 36.1 Å². The summed E-state index contributed by atoms with van der Waals surface area (Å²) >= 11 is 2.80. The fraction of sp³-hybridized carbons (Fsp3) is 0.304. The van der Waals surface area contributed by atoms with Gasteiger partial charge < -0.3 is 10.6 Å². The number of carbonyl (C=O) groups excluding carboxylic acids is 2. The number of unbranched alkanes of at least 4 members (excludes halogenated alkanes) is 2. The summed E-state index contributed by atoms with van der Waals surface area (Å²) in [4.78, 5) is 32.3. The molecule has 0 aromatic carbocycles. The van der Waals surface area contributed by atoms with E-state index in [0.29, 0.717) is 10.3 Å². The van der Waals surface area contributed by atoms with Crippen LogP contribution in [0.4, 0.5) is 10.3 Å². The van der Waals surface area contributed by atoms with Gasteiger partial charge in [-0.2, -0.15) is 0 Å². The van der Waals surface area contributed by atoms with Gasteiger partial charge in [-0.3, -0.25) is 19.6 Å². The zero-order valence-corrected chi connectivity index (χ0v) is 20.5. The first-order valence-electron chi connectivity index (χ1n) is 11.2. The van der Waals surface area contributed by atoms with Crippen molar-refractivity contribution in [2.24, 2.45) is 0 Å². The van der Waals surface area contributed by atoms with Crippen LogP contribution < -0.4 is 10.6 Å². The minimum atomic E-state index is -0.134. The molecule has 35 heavy (non-hydrogen) atoms. The molecule has 0 spiro atoms. The van der Waals surface area contributed by atoms with Crippen LogP contribution in [0.15, 0.2) is 49.1 Å². The van der Waals surface area contributed by atoms with E-state index in [2.05, 4.69) is 41.0 Å². The maximum Gasteiger partial charge on any atom is 0.230 e. The van der Waals surface area contributed by atoms with E-state index < -0.39 is 0 Å². The quantitative estimate of drug-likeness (QED) is 0.278.